The first-order valence-electron chi connectivity index (χ1n) is 11.0. The lowest BCUT2D eigenvalue weighted by Crippen LogP contribution is -2.23. The molecule has 4 nitrogen and oxygen atoms in total. The molecule has 0 aliphatic carbocycles. The summed E-state index contributed by atoms with van der Waals surface area (Å²) in [5.74, 6) is 6.85. The van der Waals surface area contributed by atoms with Crippen LogP contribution in [0.3, 0.4) is 0 Å². The van der Waals surface area contributed by atoms with E-state index in [0.29, 0.717) is 11.5 Å². The zero-order valence-corrected chi connectivity index (χ0v) is 20.7. The minimum Gasteiger partial charge on any atom is -0.489 e. The summed E-state index contributed by atoms with van der Waals surface area (Å²) in [6, 6.07) is 19.5. The standard InChI is InChI=1S/C29H27FO4S/c1-20-19-26(14-15-28(20)34-21(2)29(31)32)33-17-16-27(24-10-12-25(30)13-11-24)23-8-6-22(7-9-23)5-4-18-35-3/h6-16,19,21H,17-18H2,1-3H3,(H,31,32)/b27-16+. The summed E-state index contributed by atoms with van der Waals surface area (Å²) in [5.41, 5.74) is 4.47. The lowest BCUT2D eigenvalue weighted by molar-refractivity contribution is -0.144. The van der Waals surface area contributed by atoms with Crippen LogP contribution in [0.1, 0.15) is 29.2 Å². The van der Waals surface area contributed by atoms with Crippen molar-refractivity contribution in [2.75, 3.05) is 18.6 Å². The molecule has 1 atom stereocenters. The molecule has 0 radical (unpaired) electrons. The molecule has 0 saturated heterocycles. The fraction of sp³-hybridized carbons (Fsp3) is 0.207. The van der Waals surface area contributed by atoms with Gasteiger partial charge >= 0.3 is 5.97 Å². The zero-order valence-electron chi connectivity index (χ0n) is 19.9. The highest BCUT2D eigenvalue weighted by molar-refractivity contribution is 7.98. The van der Waals surface area contributed by atoms with Gasteiger partial charge < -0.3 is 14.6 Å². The number of halogens is 1. The van der Waals surface area contributed by atoms with Crippen molar-refractivity contribution in [2.24, 2.45) is 0 Å². The van der Waals surface area contributed by atoms with E-state index in [1.54, 1.807) is 42.1 Å². The molecule has 1 unspecified atom stereocenters. The van der Waals surface area contributed by atoms with Crippen molar-refractivity contribution in [2.45, 2.75) is 20.0 Å². The van der Waals surface area contributed by atoms with E-state index in [0.717, 1.165) is 33.6 Å². The van der Waals surface area contributed by atoms with E-state index in [2.05, 4.69) is 11.8 Å². The molecule has 180 valence electrons. The minimum atomic E-state index is -1.02. The smallest absolute Gasteiger partial charge is 0.344 e. The number of aryl methyl sites for hydroxylation is 1. The van der Waals surface area contributed by atoms with E-state index in [-0.39, 0.29) is 12.4 Å². The lowest BCUT2D eigenvalue weighted by atomic mass is 9.97. The van der Waals surface area contributed by atoms with Crippen LogP contribution in [0.15, 0.2) is 72.8 Å². The molecule has 0 fully saturated rings. The molecule has 0 saturated carbocycles. The van der Waals surface area contributed by atoms with Crippen LogP contribution >= 0.6 is 11.8 Å². The second-order valence-electron chi connectivity index (χ2n) is 7.77. The van der Waals surface area contributed by atoms with Crippen molar-refractivity contribution in [3.8, 4) is 23.3 Å². The number of rotatable bonds is 9. The lowest BCUT2D eigenvalue weighted by Gasteiger charge is -2.14. The summed E-state index contributed by atoms with van der Waals surface area (Å²) in [6.45, 7) is 3.60. The van der Waals surface area contributed by atoms with Gasteiger partial charge in [-0.25, -0.2) is 9.18 Å². The normalized spacial score (nSPS) is 11.8. The molecular formula is C29H27FO4S. The van der Waals surface area contributed by atoms with E-state index >= 15 is 0 Å². The average Bonchev–Trinajstić information content (AvgIpc) is 2.85. The highest BCUT2D eigenvalue weighted by Crippen LogP contribution is 2.26. The maximum Gasteiger partial charge on any atom is 0.344 e. The fourth-order valence-electron chi connectivity index (χ4n) is 3.28. The molecule has 1 N–H and O–H groups in total. The predicted molar refractivity (Wildman–Crippen MR) is 140 cm³/mol. The third-order valence-electron chi connectivity index (χ3n) is 5.14. The second kappa shape index (κ2) is 12.7. The Bertz CT molecular complexity index is 1240. The zero-order chi connectivity index (χ0) is 25.2. The van der Waals surface area contributed by atoms with Crippen molar-refractivity contribution >= 4 is 23.3 Å². The Morgan fingerprint density at radius 3 is 2.34 bits per heavy atom. The van der Waals surface area contributed by atoms with Crippen LogP contribution in [0.2, 0.25) is 0 Å². The van der Waals surface area contributed by atoms with E-state index in [1.807, 2.05) is 43.5 Å². The topological polar surface area (TPSA) is 55.8 Å². The van der Waals surface area contributed by atoms with E-state index in [4.69, 9.17) is 14.6 Å². The Kier molecular flexibility index (Phi) is 9.39. The predicted octanol–water partition coefficient (Wildman–Crippen LogP) is 6.21. The van der Waals surface area contributed by atoms with Crippen molar-refractivity contribution in [1.29, 1.82) is 0 Å². The first-order chi connectivity index (χ1) is 16.9. The van der Waals surface area contributed by atoms with Gasteiger partial charge in [-0.05, 0) is 90.9 Å². The monoisotopic (exact) mass is 490 g/mol. The highest BCUT2D eigenvalue weighted by Gasteiger charge is 2.14. The van der Waals surface area contributed by atoms with Crippen LogP contribution < -0.4 is 9.47 Å². The van der Waals surface area contributed by atoms with Gasteiger partial charge in [0, 0.05) is 5.56 Å². The highest BCUT2D eigenvalue weighted by atomic mass is 32.2. The molecule has 0 amide bonds. The summed E-state index contributed by atoms with van der Waals surface area (Å²) in [7, 11) is 0. The molecule has 6 heteroatoms. The van der Waals surface area contributed by atoms with Gasteiger partial charge in [0.2, 0.25) is 0 Å². The quantitative estimate of drug-likeness (QED) is 0.361. The number of hydrogen-bond donors (Lipinski definition) is 1. The van der Waals surface area contributed by atoms with Crippen LogP contribution in [0.25, 0.3) is 5.57 Å². The Morgan fingerprint density at radius 2 is 1.74 bits per heavy atom. The van der Waals surface area contributed by atoms with Gasteiger partial charge in [0.25, 0.3) is 0 Å². The summed E-state index contributed by atoms with van der Waals surface area (Å²) < 4.78 is 24.9. The van der Waals surface area contributed by atoms with Crippen LogP contribution in [0.4, 0.5) is 4.39 Å². The van der Waals surface area contributed by atoms with Crippen molar-refractivity contribution in [1.82, 2.24) is 0 Å². The molecule has 0 spiro atoms. The van der Waals surface area contributed by atoms with Gasteiger partial charge in [-0.3, -0.25) is 0 Å². The first-order valence-corrected chi connectivity index (χ1v) is 12.4. The first kappa shape index (κ1) is 25.9. The summed E-state index contributed by atoms with van der Waals surface area (Å²) in [6.07, 6.45) is 3.03. The molecule has 0 aromatic heterocycles. The SMILES string of the molecule is CSCC#Cc1ccc(/C(=C\COc2ccc(OC(C)C(=O)O)c(C)c2)c2ccc(F)cc2)cc1. The Labute approximate surface area is 209 Å². The van der Waals surface area contributed by atoms with Crippen molar-refractivity contribution in [3.05, 3.63) is 101 Å². The molecule has 0 heterocycles. The maximum atomic E-state index is 13.5. The van der Waals surface area contributed by atoms with Gasteiger partial charge in [0.15, 0.2) is 6.10 Å². The molecule has 0 aliphatic heterocycles. The Morgan fingerprint density at radius 1 is 1.09 bits per heavy atom. The van der Waals surface area contributed by atoms with Gasteiger partial charge in [-0.15, -0.1) is 0 Å². The van der Waals surface area contributed by atoms with Crippen LogP contribution in [-0.4, -0.2) is 35.8 Å². The molecule has 3 aromatic carbocycles. The number of ether oxygens (including phenoxy) is 2. The second-order valence-corrected chi connectivity index (χ2v) is 8.64. The van der Waals surface area contributed by atoms with Crippen LogP contribution in [-0.2, 0) is 4.79 Å². The van der Waals surface area contributed by atoms with Crippen molar-refractivity contribution in [3.63, 3.8) is 0 Å². The largest absolute Gasteiger partial charge is 0.489 e. The number of aliphatic carboxylic acids is 1. The molecular weight excluding hydrogens is 463 g/mol. The summed E-state index contributed by atoms with van der Waals surface area (Å²) in [4.78, 5) is 11.0. The molecule has 3 rings (SSSR count). The third kappa shape index (κ3) is 7.66. The Hall–Kier alpha value is -3.69. The molecule has 3 aromatic rings. The molecule has 0 aliphatic rings. The van der Waals surface area contributed by atoms with Crippen molar-refractivity contribution < 1.29 is 23.8 Å². The van der Waals surface area contributed by atoms with Gasteiger partial charge in [0.05, 0.1) is 5.75 Å². The van der Waals surface area contributed by atoms with Gasteiger partial charge in [-0.1, -0.05) is 36.1 Å². The average molecular weight is 491 g/mol. The number of benzene rings is 3. The molecule has 0 bridgehead atoms. The number of carbonyl (C=O) groups is 1. The van der Waals surface area contributed by atoms with E-state index in [1.165, 1.54) is 19.1 Å². The molecule has 35 heavy (non-hydrogen) atoms. The Balaban J connectivity index is 1.79. The van der Waals surface area contributed by atoms with Crippen LogP contribution in [0, 0.1) is 24.6 Å². The van der Waals surface area contributed by atoms with Crippen LogP contribution in [0.5, 0.6) is 11.5 Å². The summed E-state index contributed by atoms with van der Waals surface area (Å²) in [5, 5.41) is 9.04. The van der Waals surface area contributed by atoms with Gasteiger partial charge in [-0.2, -0.15) is 11.8 Å². The number of carboxylic acids is 1. The third-order valence-corrected chi connectivity index (χ3v) is 5.57. The number of carboxylic acid groups (broad SMARTS) is 1. The maximum absolute atomic E-state index is 13.5. The number of hydrogen-bond acceptors (Lipinski definition) is 4. The summed E-state index contributed by atoms with van der Waals surface area (Å²) >= 11 is 1.68. The van der Waals surface area contributed by atoms with Gasteiger partial charge in [0.1, 0.15) is 23.9 Å². The number of thioether (sulfide) groups is 1. The fourth-order valence-corrected chi connectivity index (χ4v) is 3.50. The van der Waals surface area contributed by atoms with E-state index in [9.17, 15) is 9.18 Å². The minimum absolute atomic E-state index is 0.285. The van der Waals surface area contributed by atoms with E-state index < -0.39 is 12.1 Å².